The van der Waals surface area contributed by atoms with Crippen molar-refractivity contribution in [2.75, 3.05) is 0 Å². The van der Waals surface area contributed by atoms with E-state index in [0.29, 0.717) is 0 Å². The molecule has 3 heterocycles. The third kappa shape index (κ3) is 3.22. The molecule has 0 atom stereocenters. The summed E-state index contributed by atoms with van der Waals surface area (Å²) < 4.78 is 7.29. The van der Waals surface area contributed by atoms with Crippen LogP contribution in [-0.4, -0.2) is 0 Å². The molecule has 8 aromatic rings. The molecule has 0 spiro atoms. The lowest BCUT2D eigenvalue weighted by molar-refractivity contribution is 0.423. The Balaban J connectivity index is 1.35. The molecule has 1 aliphatic rings. The average Bonchev–Trinajstić information content (AvgIpc) is 3.54. The molecular formula is C39H28OP2. The second-order valence-electron chi connectivity index (χ2n) is 11.8. The first kappa shape index (κ1) is 24.3. The van der Waals surface area contributed by atoms with Gasteiger partial charge in [0.1, 0.15) is 11.5 Å². The van der Waals surface area contributed by atoms with Gasteiger partial charge in [0.15, 0.2) is 0 Å². The number of hydrogen-bond acceptors (Lipinski definition) is 1. The lowest BCUT2D eigenvalue weighted by Gasteiger charge is -2.36. The van der Waals surface area contributed by atoms with Crippen LogP contribution in [-0.2, 0) is 5.41 Å². The zero-order valence-electron chi connectivity index (χ0n) is 23.5. The van der Waals surface area contributed by atoms with Gasteiger partial charge in [-0.15, -0.1) is 0 Å². The lowest BCUT2D eigenvalue weighted by Crippen LogP contribution is -2.24. The Kier molecular flexibility index (Phi) is 5.13. The third-order valence-electron chi connectivity index (χ3n) is 9.18. The van der Waals surface area contributed by atoms with E-state index in [-0.39, 0.29) is 5.41 Å². The lowest BCUT2D eigenvalue weighted by atomic mass is 9.76. The number of fused-ring (bicyclic) bond motifs is 8. The van der Waals surface area contributed by atoms with E-state index >= 15 is 0 Å². The molecule has 0 amide bonds. The Labute approximate surface area is 247 Å². The molecular weight excluding hydrogens is 546 g/mol. The molecule has 200 valence electrons. The summed E-state index contributed by atoms with van der Waals surface area (Å²) in [6, 6.07) is 49.5. The highest BCUT2D eigenvalue weighted by Crippen LogP contribution is 2.65. The largest absolute Gasteiger partial charge is 0.455 e. The fourth-order valence-electron chi connectivity index (χ4n) is 7.21. The zero-order valence-corrected chi connectivity index (χ0v) is 25.3. The van der Waals surface area contributed by atoms with Gasteiger partial charge in [-0.25, -0.2) is 0 Å². The standard InChI is InChI=1S/C39H28OP2/c1-39(2)29-17-11-23-35(41-31-19-7-3-13-25(31)26-14-4-8-20-32(26)41)37(29)40-38-30(39)18-12-24-36(38)42-33-21-9-5-15-27(33)28-16-6-10-22-34(28)42/h3-24H,1-2H3. The van der Waals surface area contributed by atoms with Crippen LogP contribution in [0, 0.1) is 0 Å². The molecule has 3 heteroatoms. The van der Waals surface area contributed by atoms with Crippen LogP contribution in [0.25, 0.3) is 52.6 Å². The molecule has 0 saturated carbocycles. The van der Waals surface area contributed by atoms with E-state index in [1.54, 1.807) is 0 Å². The predicted molar refractivity (Wildman–Crippen MR) is 183 cm³/mol. The summed E-state index contributed by atoms with van der Waals surface area (Å²) in [5.74, 6) is 2.10. The number of para-hydroxylation sites is 2. The third-order valence-corrected chi connectivity index (χ3v) is 14.3. The second kappa shape index (κ2) is 8.86. The van der Waals surface area contributed by atoms with Gasteiger partial charge >= 0.3 is 0 Å². The van der Waals surface area contributed by atoms with E-state index in [2.05, 4.69) is 147 Å². The Bertz CT molecular complexity index is 2100. The maximum atomic E-state index is 7.29. The van der Waals surface area contributed by atoms with Crippen molar-refractivity contribution >= 4 is 57.1 Å². The summed E-state index contributed by atoms with van der Waals surface area (Å²) in [6.07, 6.45) is 0. The van der Waals surface area contributed by atoms with Crippen LogP contribution in [0.3, 0.4) is 0 Å². The fourth-order valence-corrected chi connectivity index (χ4v) is 12.7. The Morgan fingerprint density at radius 2 is 0.738 bits per heavy atom. The molecule has 0 bridgehead atoms. The van der Waals surface area contributed by atoms with Crippen LogP contribution in [0.15, 0.2) is 133 Å². The van der Waals surface area contributed by atoms with Gasteiger partial charge in [0.25, 0.3) is 0 Å². The van der Waals surface area contributed by atoms with Gasteiger partial charge < -0.3 is 4.74 Å². The zero-order chi connectivity index (χ0) is 28.0. The van der Waals surface area contributed by atoms with Gasteiger partial charge in [0, 0.05) is 47.6 Å². The molecule has 0 N–H and O–H groups in total. The van der Waals surface area contributed by atoms with E-state index < -0.39 is 15.1 Å². The van der Waals surface area contributed by atoms with Crippen molar-refractivity contribution < 1.29 is 4.74 Å². The number of ether oxygens (including phenoxy) is 1. The smallest absolute Gasteiger partial charge is 0.143 e. The highest BCUT2D eigenvalue weighted by atomic mass is 31.1. The van der Waals surface area contributed by atoms with Crippen LogP contribution in [0.4, 0.5) is 0 Å². The molecule has 0 unspecified atom stereocenters. The van der Waals surface area contributed by atoms with Gasteiger partial charge in [-0.05, 0) is 33.7 Å². The van der Waals surface area contributed by atoms with Crippen LogP contribution in [0.5, 0.6) is 11.5 Å². The number of rotatable bonds is 2. The highest BCUT2D eigenvalue weighted by molar-refractivity contribution is 7.68. The first-order valence-corrected chi connectivity index (χ1v) is 17.2. The molecule has 42 heavy (non-hydrogen) atoms. The molecule has 6 aromatic carbocycles. The minimum absolute atomic E-state index is 0.197. The Hall–Kier alpha value is -4.28. The molecule has 1 nitrogen and oxygen atoms in total. The number of benzene rings is 6. The van der Waals surface area contributed by atoms with Gasteiger partial charge in [-0.3, -0.25) is 0 Å². The molecule has 0 saturated heterocycles. The van der Waals surface area contributed by atoms with Crippen molar-refractivity contribution in [2.45, 2.75) is 19.3 Å². The Morgan fingerprint density at radius 1 is 0.405 bits per heavy atom. The maximum Gasteiger partial charge on any atom is 0.143 e. The fraction of sp³-hybridized carbons (Fsp3) is 0.0769. The summed E-state index contributed by atoms with van der Waals surface area (Å²) in [7, 11) is -1.48. The Morgan fingerprint density at radius 3 is 1.10 bits per heavy atom. The molecule has 9 rings (SSSR count). The first-order chi connectivity index (χ1) is 20.6. The van der Waals surface area contributed by atoms with Crippen LogP contribution in [0.1, 0.15) is 25.0 Å². The molecule has 0 fully saturated rings. The van der Waals surface area contributed by atoms with Gasteiger partial charge in [0.2, 0.25) is 0 Å². The van der Waals surface area contributed by atoms with Crippen molar-refractivity contribution in [3.8, 4) is 22.1 Å². The van der Waals surface area contributed by atoms with E-state index in [9.17, 15) is 0 Å². The van der Waals surface area contributed by atoms with E-state index in [1.807, 2.05) is 0 Å². The van der Waals surface area contributed by atoms with Crippen LogP contribution >= 0.6 is 15.1 Å². The van der Waals surface area contributed by atoms with Crippen molar-refractivity contribution in [3.63, 3.8) is 0 Å². The predicted octanol–water partition coefficient (Wildman–Crippen LogP) is 12.7. The van der Waals surface area contributed by atoms with E-state index in [0.717, 1.165) is 11.5 Å². The van der Waals surface area contributed by atoms with E-state index in [1.165, 1.54) is 63.8 Å². The molecule has 2 aromatic heterocycles. The van der Waals surface area contributed by atoms with E-state index in [4.69, 9.17) is 4.74 Å². The van der Waals surface area contributed by atoms with Crippen LogP contribution < -0.4 is 4.74 Å². The monoisotopic (exact) mass is 574 g/mol. The quantitative estimate of drug-likeness (QED) is 0.200. The molecule has 1 aliphatic heterocycles. The summed E-state index contributed by atoms with van der Waals surface area (Å²) in [5.41, 5.74) is 2.35. The second-order valence-corrected chi connectivity index (χ2v) is 16.0. The van der Waals surface area contributed by atoms with Crippen molar-refractivity contribution in [1.29, 1.82) is 0 Å². The molecule has 0 aliphatic carbocycles. The van der Waals surface area contributed by atoms with Crippen LogP contribution in [0.2, 0.25) is 0 Å². The minimum Gasteiger partial charge on any atom is -0.455 e. The van der Waals surface area contributed by atoms with Gasteiger partial charge in [0.05, 0.1) is 0 Å². The summed E-state index contributed by atoms with van der Waals surface area (Å²) in [5, 5.41) is 13.7. The summed E-state index contributed by atoms with van der Waals surface area (Å²) >= 11 is 0. The minimum atomic E-state index is -0.741. The highest BCUT2D eigenvalue weighted by Gasteiger charge is 2.37. The SMILES string of the molecule is CC1(C)c2cccc(-p3c4ccccc4c4ccccc43)c2Oc2c(-p3c4ccccc4c4ccccc43)cccc21. The van der Waals surface area contributed by atoms with Gasteiger partial charge in [-0.1, -0.05) is 150 Å². The van der Waals surface area contributed by atoms with Crippen molar-refractivity contribution in [2.24, 2.45) is 0 Å². The average molecular weight is 575 g/mol. The summed E-state index contributed by atoms with van der Waals surface area (Å²) in [6.45, 7) is 4.74. The first-order valence-electron chi connectivity index (χ1n) is 14.5. The van der Waals surface area contributed by atoms with Crippen molar-refractivity contribution in [3.05, 3.63) is 145 Å². The topological polar surface area (TPSA) is 9.23 Å². The van der Waals surface area contributed by atoms with Gasteiger partial charge in [-0.2, -0.15) is 0 Å². The molecule has 0 radical (unpaired) electrons. The number of hydrogen-bond donors (Lipinski definition) is 0. The summed E-state index contributed by atoms with van der Waals surface area (Å²) in [4.78, 5) is 0. The maximum absolute atomic E-state index is 7.29. The van der Waals surface area contributed by atoms with Crippen molar-refractivity contribution in [1.82, 2.24) is 0 Å². The normalized spacial score (nSPS) is 13.9.